The van der Waals surface area contributed by atoms with E-state index in [9.17, 15) is 46.0 Å². The van der Waals surface area contributed by atoms with Crippen LogP contribution in [0.25, 0.3) is 0 Å². The van der Waals surface area contributed by atoms with Crippen LogP contribution in [-0.4, -0.2) is 57.8 Å². The first-order chi connectivity index (χ1) is 10.3. The third kappa shape index (κ3) is 3.25. The van der Waals surface area contributed by atoms with Crippen molar-refractivity contribution >= 4 is 46.6 Å². The van der Waals surface area contributed by atoms with E-state index in [1.165, 1.54) is 10.6 Å². The molecule has 1 aliphatic rings. The zero-order valence-electron chi connectivity index (χ0n) is 10.6. The van der Waals surface area contributed by atoms with Crippen molar-refractivity contribution in [1.29, 1.82) is 0 Å². The van der Waals surface area contributed by atoms with Gasteiger partial charge in [-0.25, -0.2) is 8.78 Å². The molecule has 24 heavy (non-hydrogen) atoms. The predicted molar refractivity (Wildman–Crippen MR) is 68.4 cm³/mol. The molecule has 3 N–H and O–H groups in total. The maximum atomic E-state index is 13.4. The van der Waals surface area contributed by atoms with Gasteiger partial charge in [0.2, 0.25) is 0 Å². The minimum absolute atomic E-state index is 0. The van der Waals surface area contributed by atoms with E-state index in [2.05, 4.69) is 0 Å². The van der Waals surface area contributed by atoms with Crippen molar-refractivity contribution in [2.75, 3.05) is 10.6 Å². The number of rotatable bonds is 3. The number of benzene rings is 1. The van der Waals surface area contributed by atoms with Crippen LogP contribution in [0.3, 0.4) is 0 Å². The summed E-state index contributed by atoms with van der Waals surface area (Å²) in [5, 5.41) is 23.1. The van der Waals surface area contributed by atoms with Crippen LogP contribution in [0.2, 0.25) is 0 Å². The number of nitrogens with one attached hydrogen (secondary N) is 2. The fraction of sp³-hybridized carbons (Fsp3) is 0.400. The molecule has 130 valence electrons. The molecule has 0 radical (unpaired) electrons. The zero-order valence-corrected chi connectivity index (χ0v) is 10.6. The van der Waals surface area contributed by atoms with Gasteiger partial charge in [0.15, 0.2) is 0 Å². The topological polar surface area (TPSA) is 87.4 Å². The van der Waals surface area contributed by atoms with Crippen LogP contribution in [0.1, 0.15) is 5.56 Å². The van der Waals surface area contributed by atoms with Crippen molar-refractivity contribution in [2.45, 2.75) is 24.4 Å². The van der Waals surface area contributed by atoms with E-state index >= 15 is 0 Å². The fourth-order valence-electron chi connectivity index (χ4n) is 1.90. The molecule has 0 fully saturated rings. The fourth-order valence-corrected chi connectivity index (χ4v) is 1.90. The summed E-state index contributed by atoms with van der Waals surface area (Å²) in [6.07, 6.45) is -9.46. The molecule has 0 saturated heterocycles. The van der Waals surface area contributed by atoms with E-state index in [1.807, 2.05) is 0 Å². The third-order valence-corrected chi connectivity index (χ3v) is 3.02. The summed E-state index contributed by atoms with van der Waals surface area (Å²) in [6.45, 7) is 0. The molecule has 1 atom stereocenters. The van der Waals surface area contributed by atoms with Gasteiger partial charge in [0.25, 0.3) is 11.5 Å². The molecule has 0 spiro atoms. The van der Waals surface area contributed by atoms with Crippen LogP contribution < -0.4 is 10.6 Å². The average Bonchev–Trinajstić information content (AvgIpc) is 2.73. The van der Waals surface area contributed by atoms with Crippen LogP contribution in [0.15, 0.2) is 12.1 Å². The van der Waals surface area contributed by atoms with E-state index in [1.54, 1.807) is 0 Å². The number of hydrogen-bond acceptors (Lipinski definition) is 5. The number of nitro groups is 1. The van der Waals surface area contributed by atoms with Crippen molar-refractivity contribution in [1.82, 2.24) is 0 Å². The second kappa shape index (κ2) is 6.20. The van der Waals surface area contributed by atoms with Crippen molar-refractivity contribution in [3.05, 3.63) is 27.8 Å². The minimum atomic E-state index is -5.15. The normalized spacial score (nSPS) is 20.0. The van der Waals surface area contributed by atoms with Gasteiger partial charge in [0, 0.05) is 6.07 Å². The molecule has 1 aromatic rings. The first-order valence-electron chi connectivity index (χ1n) is 5.64. The molecular formula is C10H7F7N3NaO3. The summed E-state index contributed by atoms with van der Waals surface area (Å²) in [5.41, 5.74) is -4.83. The summed E-state index contributed by atoms with van der Waals surface area (Å²) in [7, 11) is 0. The molecule has 1 aliphatic heterocycles. The number of alkyl halides is 7. The third-order valence-electron chi connectivity index (χ3n) is 3.02. The second-order valence-corrected chi connectivity index (χ2v) is 4.56. The van der Waals surface area contributed by atoms with Gasteiger partial charge in [0.05, 0.1) is 16.2 Å². The number of aliphatic hydroxyl groups is 1. The van der Waals surface area contributed by atoms with Crippen molar-refractivity contribution in [3.8, 4) is 0 Å². The predicted octanol–water partition coefficient (Wildman–Crippen LogP) is 2.35. The Hall–Kier alpha value is -1.31. The Balaban J connectivity index is 0.00000288. The molecule has 2 rings (SSSR count). The Kier molecular flexibility index (Phi) is 5.36. The number of hydrogen-bond donors (Lipinski definition) is 3. The summed E-state index contributed by atoms with van der Waals surface area (Å²) in [6, 6.07) is 0.203. The van der Waals surface area contributed by atoms with E-state index in [0.717, 1.165) is 0 Å². The standard InChI is InChI=1S/C10H6F7N3O3.Na.H/c11-7(12)8(13,14)10(21)18-4-1-3(9(15,16)17)2-5(20(22)23)6(4)19-10;;/h1-2,7,18-19,21H;;. The molecule has 0 aromatic heterocycles. The van der Waals surface area contributed by atoms with Crippen LogP contribution in [0, 0.1) is 10.1 Å². The monoisotopic (exact) mass is 373 g/mol. The number of nitro benzene ring substituents is 1. The van der Waals surface area contributed by atoms with Crippen molar-refractivity contribution < 1.29 is 40.8 Å². The molecule has 1 heterocycles. The SMILES string of the molecule is O=[N+]([O-])c1cc(C(F)(F)F)cc2c1NC(O)(C(F)(F)C(F)F)N2.[NaH]. The van der Waals surface area contributed by atoms with Crippen LogP contribution in [0.4, 0.5) is 47.8 Å². The quantitative estimate of drug-likeness (QED) is 0.328. The van der Waals surface area contributed by atoms with E-state index in [0.29, 0.717) is 0 Å². The Labute approximate surface area is 150 Å². The van der Waals surface area contributed by atoms with Crippen LogP contribution in [0.5, 0.6) is 0 Å². The average molecular weight is 373 g/mol. The van der Waals surface area contributed by atoms with Gasteiger partial charge >= 0.3 is 48.1 Å². The van der Waals surface area contributed by atoms with Gasteiger partial charge in [-0.05, 0) is 6.07 Å². The first-order valence-corrected chi connectivity index (χ1v) is 5.64. The molecule has 1 unspecified atom stereocenters. The Bertz CT molecular complexity index is 670. The van der Waals surface area contributed by atoms with E-state index < -0.39 is 51.9 Å². The number of fused-ring (bicyclic) bond motifs is 1. The second-order valence-electron chi connectivity index (χ2n) is 4.56. The Morgan fingerprint density at radius 3 is 2.12 bits per heavy atom. The number of halogens is 7. The summed E-state index contributed by atoms with van der Waals surface area (Å²) < 4.78 is 89.4. The van der Waals surface area contributed by atoms with Gasteiger partial charge in [-0.1, -0.05) is 0 Å². The molecule has 1 aromatic carbocycles. The van der Waals surface area contributed by atoms with E-state index in [-0.39, 0.29) is 41.7 Å². The Morgan fingerprint density at radius 2 is 1.71 bits per heavy atom. The number of nitrogens with zero attached hydrogens (tertiary/aromatic N) is 1. The van der Waals surface area contributed by atoms with Gasteiger partial charge in [-0.3, -0.25) is 10.1 Å². The summed E-state index contributed by atoms with van der Waals surface area (Å²) in [5.74, 6) is -9.04. The van der Waals surface area contributed by atoms with Gasteiger partial charge in [-0.15, -0.1) is 0 Å². The summed E-state index contributed by atoms with van der Waals surface area (Å²) >= 11 is 0. The van der Waals surface area contributed by atoms with Crippen molar-refractivity contribution in [2.24, 2.45) is 0 Å². The number of anilines is 2. The molecular weight excluding hydrogens is 366 g/mol. The van der Waals surface area contributed by atoms with Crippen LogP contribution >= 0.6 is 0 Å². The molecule has 14 heteroatoms. The van der Waals surface area contributed by atoms with Gasteiger partial charge < -0.3 is 15.7 Å². The van der Waals surface area contributed by atoms with Gasteiger partial charge in [-0.2, -0.15) is 22.0 Å². The summed E-state index contributed by atoms with van der Waals surface area (Å²) in [4.78, 5) is 9.45. The van der Waals surface area contributed by atoms with Crippen LogP contribution in [-0.2, 0) is 6.18 Å². The van der Waals surface area contributed by atoms with E-state index in [4.69, 9.17) is 0 Å². The van der Waals surface area contributed by atoms with Gasteiger partial charge in [0.1, 0.15) is 5.69 Å². The zero-order chi connectivity index (χ0) is 17.8. The molecule has 0 saturated carbocycles. The molecule has 0 bridgehead atoms. The maximum absolute atomic E-state index is 13.4. The first kappa shape index (κ1) is 20.7. The Morgan fingerprint density at radius 1 is 1.17 bits per heavy atom. The molecule has 6 nitrogen and oxygen atoms in total. The molecule has 0 amide bonds. The van der Waals surface area contributed by atoms with Crippen molar-refractivity contribution in [3.63, 3.8) is 0 Å². The molecule has 0 aliphatic carbocycles.